The molecule has 3 rings (SSSR count). The maximum atomic E-state index is 9.98. The molecule has 0 aromatic carbocycles. The van der Waals surface area contributed by atoms with Crippen LogP contribution in [-0.4, -0.2) is 11.2 Å². The SMILES string of the molecule is CC1(C)CC[C]2[CH][CH][CH][C]2[C@@H]1O.[CH]1[CH][CH][CH][CH]1.[Fe+2]. The molecule has 0 spiro atoms. The van der Waals surface area contributed by atoms with E-state index in [9.17, 15) is 5.11 Å². The minimum Gasteiger partial charge on any atom is -0.392 e. The predicted molar refractivity (Wildman–Crippen MR) is 69.9 cm³/mol. The van der Waals surface area contributed by atoms with E-state index in [0.717, 1.165) is 18.8 Å². The molecule has 0 unspecified atom stereocenters. The van der Waals surface area contributed by atoms with Crippen LogP contribution in [-0.2, 0) is 17.1 Å². The van der Waals surface area contributed by atoms with Crippen LogP contribution < -0.4 is 0 Å². The number of rotatable bonds is 0. The van der Waals surface area contributed by atoms with Crippen LogP contribution in [0.4, 0.5) is 0 Å². The second-order valence-electron chi connectivity index (χ2n) is 5.36. The second-order valence-corrected chi connectivity index (χ2v) is 5.36. The molecule has 2 heteroatoms. The Morgan fingerprint density at radius 1 is 1.00 bits per heavy atom. The van der Waals surface area contributed by atoms with Crippen LogP contribution in [0.5, 0.6) is 0 Å². The first-order chi connectivity index (χ1) is 8.11. The summed E-state index contributed by atoms with van der Waals surface area (Å²) >= 11 is 0. The zero-order chi connectivity index (χ0) is 12.3. The molecule has 0 heterocycles. The third-order valence-corrected chi connectivity index (χ3v) is 3.57. The Hall–Kier alpha value is 0.479. The molecule has 0 aromatic heterocycles. The Morgan fingerprint density at radius 2 is 1.56 bits per heavy atom. The van der Waals surface area contributed by atoms with Gasteiger partial charge in [-0.25, -0.2) is 0 Å². The van der Waals surface area contributed by atoms with Crippen molar-refractivity contribution in [3.05, 3.63) is 63.2 Å². The molecule has 18 heavy (non-hydrogen) atoms. The van der Waals surface area contributed by atoms with Gasteiger partial charge in [-0.15, -0.1) is 0 Å². The van der Waals surface area contributed by atoms with Crippen LogP contribution in [0.15, 0.2) is 0 Å². The fraction of sp³-hybridized carbons (Fsp3) is 0.375. The maximum Gasteiger partial charge on any atom is 2.00 e. The first-order valence-corrected chi connectivity index (χ1v) is 6.20. The topological polar surface area (TPSA) is 20.2 Å². The number of fused-ring (bicyclic) bond motifs is 1. The molecular formula is C16H20FeO+2. The largest absolute Gasteiger partial charge is 2.00 e. The molecule has 1 nitrogen and oxygen atoms in total. The Kier molecular flexibility index (Phi) is 6.72. The van der Waals surface area contributed by atoms with Crippen molar-refractivity contribution in [3.63, 3.8) is 0 Å². The normalized spacial score (nSPS) is 31.2. The molecule has 0 amide bonds. The van der Waals surface area contributed by atoms with Crippen molar-refractivity contribution >= 4 is 0 Å². The van der Waals surface area contributed by atoms with Gasteiger partial charge in [-0.2, -0.15) is 0 Å². The van der Waals surface area contributed by atoms with E-state index in [4.69, 9.17) is 0 Å². The molecule has 10 radical (unpaired) electrons. The Bertz CT molecular complexity index is 228. The van der Waals surface area contributed by atoms with Gasteiger partial charge in [0.2, 0.25) is 0 Å². The second kappa shape index (κ2) is 7.31. The summed E-state index contributed by atoms with van der Waals surface area (Å²) in [7, 11) is 0. The number of hydrogen-bond donors (Lipinski definition) is 1. The number of hydrogen-bond acceptors (Lipinski definition) is 1. The van der Waals surface area contributed by atoms with Gasteiger partial charge >= 0.3 is 17.1 Å². The summed E-state index contributed by atoms with van der Waals surface area (Å²) in [6, 6.07) is 0. The average molecular weight is 284 g/mol. The number of aliphatic hydroxyl groups is 1. The molecule has 1 N–H and O–H groups in total. The van der Waals surface area contributed by atoms with Gasteiger partial charge in [0.1, 0.15) is 0 Å². The van der Waals surface area contributed by atoms with E-state index in [2.05, 4.69) is 20.3 Å². The van der Waals surface area contributed by atoms with Gasteiger partial charge in [0, 0.05) is 5.92 Å². The molecule has 1 atom stereocenters. The van der Waals surface area contributed by atoms with E-state index in [0.29, 0.717) is 0 Å². The molecule has 3 fully saturated rings. The van der Waals surface area contributed by atoms with Crippen molar-refractivity contribution < 1.29 is 22.2 Å². The molecule has 0 aromatic rings. The Morgan fingerprint density at radius 3 is 2.11 bits per heavy atom. The van der Waals surface area contributed by atoms with Crippen LogP contribution in [0.25, 0.3) is 0 Å². The smallest absolute Gasteiger partial charge is 0.392 e. The van der Waals surface area contributed by atoms with Gasteiger partial charge in [0.15, 0.2) is 0 Å². The average Bonchev–Trinajstić information content (AvgIpc) is 2.97. The third kappa shape index (κ3) is 3.98. The number of aliphatic hydroxyl groups excluding tert-OH is 1. The fourth-order valence-electron chi connectivity index (χ4n) is 2.30. The van der Waals surface area contributed by atoms with Gasteiger partial charge in [0.05, 0.1) is 6.10 Å². The summed E-state index contributed by atoms with van der Waals surface area (Å²) in [6.45, 7) is 4.27. The standard InChI is InChI=1S/C11H15O.C5H5.Fe/c1-11(2)7-6-8-4-3-5-9(8)10(11)12;1-2-4-5-3-1;/h3-5,10,12H,6-7H2,1-2H3;1-5H;/q;;+2/t10-;;/m0../s1. The molecule has 0 aliphatic heterocycles. The van der Waals surface area contributed by atoms with Crippen molar-refractivity contribution in [3.8, 4) is 0 Å². The van der Waals surface area contributed by atoms with Gasteiger partial charge < -0.3 is 5.11 Å². The molecule has 0 saturated heterocycles. The minimum absolute atomic E-state index is 0. The van der Waals surface area contributed by atoms with Crippen LogP contribution >= 0.6 is 0 Å². The first kappa shape index (κ1) is 16.5. The summed E-state index contributed by atoms with van der Waals surface area (Å²) in [5.41, 5.74) is 0.0569. The minimum atomic E-state index is -0.267. The van der Waals surface area contributed by atoms with Crippen molar-refractivity contribution in [1.82, 2.24) is 0 Å². The van der Waals surface area contributed by atoms with E-state index >= 15 is 0 Å². The van der Waals surface area contributed by atoms with Gasteiger partial charge in [-0.05, 0) is 75.5 Å². The van der Waals surface area contributed by atoms with E-state index in [-0.39, 0.29) is 28.6 Å². The summed E-state index contributed by atoms with van der Waals surface area (Å²) < 4.78 is 0. The molecule has 0 bridgehead atoms. The summed E-state index contributed by atoms with van der Waals surface area (Å²) in [5.74, 6) is 2.48. The zero-order valence-corrected chi connectivity index (χ0v) is 12.0. The van der Waals surface area contributed by atoms with E-state index in [1.807, 2.05) is 44.9 Å². The predicted octanol–water partition coefficient (Wildman–Crippen LogP) is 2.96. The Balaban J connectivity index is 0.000000230. The molecule has 3 aliphatic rings. The van der Waals surface area contributed by atoms with Crippen LogP contribution in [0.1, 0.15) is 26.7 Å². The maximum absolute atomic E-state index is 9.98. The van der Waals surface area contributed by atoms with Gasteiger partial charge in [-0.3, -0.25) is 0 Å². The molecule has 3 saturated carbocycles. The van der Waals surface area contributed by atoms with Crippen LogP contribution in [0, 0.1) is 68.6 Å². The molecule has 3 aliphatic carbocycles. The van der Waals surface area contributed by atoms with Gasteiger partial charge in [0.25, 0.3) is 0 Å². The quantitative estimate of drug-likeness (QED) is 0.678. The summed E-state index contributed by atoms with van der Waals surface area (Å²) in [6.07, 6.45) is 18.1. The molecular weight excluding hydrogens is 264 g/mol. The van der Waals surface area contributed by atoms with E-state index < -0.39 is 0 Å². The van der Waals surface area contributed by atoms with Gasteiger partial charge in [-0.1, -0.05) is 13.8 Å². The Labute approximate surface area is 124 Å². The zero-order valence-electron chi connectivity index (χ0n) is 10.9. The summed E-state index contributed by atoms with van der Waals surface area (Å²) in [5, 5.41) is 9.98. The first-order valence-electron chi connectivity index (χ1n) is 6.20. The third-order valence-electron chi connectivity index (χ3n) is 3.57. The van der Waals surface area contributed by atoms with Crippen molar-refractivity contribution in [2.24, 2.45) is 5.41 Å². The van der Waals surface area contributed by atoms with Crippen molar-refractivity contribution in [2.75, 3.05) is 0 Å². The van der Waals surface area contributed by atoms with Crippen molar-refractivity contribution in [1.29, 1.82) is 0 Å². The fourth-order valence-corrected chi connectivity index (χ4v) is 2.30. The molecule has 96 valence electrons. The van der Waals surface area contributed by atoms with E-state index in [1.165, 1.54) is 5.92 Å². The van der Waals surface area contributed by atoms with E-state index in [1.54, 1.807) is 0 Å². The summed E-state index contributed by atoms with van der Waals surface area (Å²) in [4.78, 5) is 0. The van der Waals surface area contributed by atoms with Crippen LogP contribution in [0.2, 0.25) is 0 Å². The van der Waals surface area contributed by atoms with Crippen LogP contribution in [0.3, 0.4) is 0 Å². The van der Waals surface area contributed by atoms with Crippen molar-refractivity contribution in [2.45, 2.75) is 32.8 Å². The monoisotopic (exact) mass is 284 g/mol.